The Morgan fingerprint density at radius 2 is 1.81 bits per heavy atom. The van der Waals surface area contributed by atoms with Gasteiger partial charge in [-0.1, -0.05) is 56.0 Å². The monoisotopic (exact) mass is 237 g/mol. The summed E-state index contributed by atoms with van der Waals surface area (Å²) in [5.74, 6) is 0. The van der Waals surface area contributed by atoms with Gasteiger partial charge in [-0.3, -0.25) is 0 Å². The zero-order valence-electron chi connectivity index (χ0n) is 9.88. The Morgan fingerprint density at radius 3 is 2.44 bits per heavy atom. The molecule has 2 heteroatoms. The normalized spacial score (nSPS) is 21.7. The van der Waals surface area contributed by atoms with Crippen molar-refractivity contribution >= 4 is 11.6 Å². The van der Waals surface area contributed by atoms with Crippen LogP contribution < -0.4 is 5.73 Å². The molecular weight excluding hydrogens is 218 g/mol. The van der Waals surface area contributed by atoms with Gasteiger partial charge in [-0.05, 0) is 29.9 Å². The van der Waals surface area contributed by atoms with E-state index in [0.717, 1.165) is 10.6 Å². The molecule has 88 valence electrons. The van der Waals surface area contributed by atoms with Crippen LogP contribution in [0.3, 0.4) is 0 Å². The molecule has 0 amide bonds. The fourth-order valence-corrected chi connectivity index (χ4v) is 3.03. The summed E-state index contributed by atoms with van der Waals surface area (Å²) in [4.78, 5) is 0. The predicted molar refractivity (Wildman–Crippen MR) is 69.6 cm³/mol. The number of rotatable bonds is 2. The first kappa shape index (κ1) is 11.9. The molecule has 1 aromatic rings. The van der Waals surface area contributed by atoms with E-state index in [-0.39, 0.29) is 11.5 Å². The summed E-state index contributed by atoms with van der Waals surface area (Å²) >= 11 is 6.22. The molecule has 1 aliphatic rings. The van der Waals surface area contributed by atoms with E-state index in [4.69, 9.17) is 17.3 Å². The molecule has 1 aromatic carbocycles. The van der Waals surface area contributed by atoms with Crippen molar-refractivity contribution in [1.29, 1.82) is 0 Å². The van der Waals surface area contributed by atoms with Crippen molar-refractivity contribution in [3.63, 3.8) is 0 Å². The summed E-state index contributed by atoms with van der Waals surface area (Å²) in [6, 6.07) is 8.05. The molecule has 0 bridgehead atoms. The summed E-state index contributed by atoms with van der Waals surface area (Å²) in [6.45, 7) is 2.31. The van der Waals surface area contributed by atoms with Crippen molar-refractivity contribution in [1.82, 2.24) is 0 Å². The van der Waals surface area contributed by atoms with Gasteiger partial charge in [0.15, 0.2) is 0 Å². The number of hydrogen-bond donors (Lipinski definition) is 1. The van der Waals surface area contributed by atoms with Gasteiger partial charge in [-0.25, -0.2) is 0 Å². The van der Waals surface area contributed by atoms with Gasteiger partial charge in [0.05, 0.1) is 0 Å². The summed E-state index contributed by atoms with van der Waals surface area (Å²) < 4.78 is 0. The molecule has 0 aliphatic heterocycles. The largest absolute Gasteiger partial charge is 0.323 e. The molecule has 1 fully saturated rings. The average Bonchev–Trinajstić information content (AvgIpc) is 2.30. The summed E-state index contributed by atoms with van der Waals surface area (Å²) in [6.07, 6.45) is 6.40. The third kappa shape index (κ3) is 2.26. The number of hydrogen-bond acceptors (Lipinski definition) is 1. The molecule has 16 heavy (non-hydrogen) atoms. The molecule has 0 saturated heterocycles. The van der Waals surface area contributed by atoms with E-state index in [1.807, 2.05) is 18.2 Å². The second kappa shape index (κ2) is 4.77. The molecule has 0 aromatic heterocycles. The zero-order chi connectivity index (χ0) is 11.6. The Hall–Kier alpha value is -0.530. The van der Waals surface area contributed by atoms with E-state index in [1.165, 1.54) is 32.1 Å². The van der Waals surface area contributed by atoms with Crippen LogP contribution in [0.25, 0.3) is 0 Å². The van der Waals surface area contributed by atoms with Crippen LogP contribution in [0, 0.1) is 5.41 Å². The van der Waals surface area contributed by atoms with Gasteiger partial charge in [-0.2, -0.15) is 0 Å². The second-order valence-electron chi connectivity index (χ2n) is 5.21. The standard InChI is InChI=1S/C14H20ClN/c1-14(9-5-2-6-10-14)13(16)11-7-3-4-8-12(11)15/h3-4,7-8,13H,2,5-6,9-10,16H2,1H3. The lowest BCUT2D eigenvalue weighted by atomic mass is 9.69. The second-order valence-corrected chi connectivity index (χ2v) is 5.62. The van der Waals surface area contributed by atoms with Crippen molar-refractivity contribution in [2.45, 2.75) is 45.1 Å². The molecular formula is C14H20ClN. The highest BCUT2D eigenvalue weighted by Gasteiger charge is 2.34. The maximum atomic E-state index is 6.42. The lowest BCUT2D eigenvalue weighted by molar-refractivity contribution is 0.170. The van der Waals surface area contributed by atoms with E-state index in [1.54, 1.807) is 0 Å². The first-order valence-electron chi connectivity index (χ1n) is 6.13. The highest BCUT2D eigenvalue weighted by atomic mass is 35.5. The number of benzene rings is 1. The number of halogens is 1. The highest BCUT2D eigenvalue weighted by Crippen LogP contribution is 2.45. The Balaban J connectivity index is 2.24. The van der Waals surface area contributed by atoms with Crippen LogP contribution in [0.15, 0.2) is 24.3 Å². The Labute approximate surface area is 103 Å². The topological polar surface area (TPSA) is 26.0 Å². The predicted octanol–water partition coefficient (Wildman–Crippen LogP) is 4.31. The Kier molecular flexibility index (Phi) is 3.56. The molecule has 1 saturated carbocycles. The first-order valence-corrected chi connectivity index (χ1v) is 6.51. The van der Waals surface area contributed by atoms with Gasteiger partial charge in [-0.15, -0.1) is 0 Å². The van der Waals surface area contributed by atoms with Crippen molar-refractivity contribution in [3.05, 3.63) is 34.9 Å². The molecule has 0 spiro atoms. The minimum atomic E-state index is 0.0708. The van der Waals surface area contributed by atoms with Gasteiger partial charge in [0.1, 0.15) is 0 Å². The van der Waals surface area contributed by atoms with Crippen LogP contribution in [-0.2, 0) is 0 Å². The summed E-state index contributed by atoms with van der Waals surface area (Å²) in [7, 11) is 0. The average molecular weight is 238 g/mol. The molecule has 0 heterocycles. The smallest absolute Gasteiger partial charge is 0.0453 e. The lowest BCUT2D eigenvalue weighted by Crippen LogP contribution is -2.34. The highest BCUT2D eigenvalue weighted by molar-refractivity contribution is 6.31. The molecule has 1 nitrogen and oxygen atoms in total. The molecule has 2 N–H and O–H groups in total. The Morgan fingerprint density at radius 1 is 1.19 bits per heavy atom. The molecule has 1 aliphatic carbocycles. The minimum absolute atomic E-state index is 0.0708. The fourth-order valence-electron chi connectivity index (χ4n) is 2.77. The van der Waals surface area contributed by atoms with Gasteiger partial charge < -0.3 is 5.73 Å². The minimum Gasteiger partial charge on any atom is -0.323 e. The zero-order valence-corrected chi connectivity index (χ0v) is 10.6. The molecule has 0 radical (unpaired) electrons. The van der Waals surface area contributed by atoms with Crippen molar-refractivity contribution in [3.8, 4) is 0 Å². The number of nitrogens with two attached hydrogens (primary N) is 1. The third-order valence-corrected chi connectivity index (χ3v) is 4.33. The van der Waals surface area contributed by atoms with Crippen LogP contribution in [0.2, 0.25) is 5.02 Å². The molecule has 2 rings (SSSR count). The van der Waals surface area contributed by atoms with E-state index < -0.39 is 0 Å². The van der Waals surface area contributed by atoms with Crippen molar-refractivity contribution in [2.75, 3.05) is 0 Å². The van der Waals surface area contributed by atoms with E-state index in [2.05, 4.69) is 13.0 Å². The molecule has 1 unspecified atom stereocenters. The summed E-state index contributed by atoms with van der Waals surface area (Å²) in [5, 5.41) is 0.807. The van der Waals surface area contributed by atoms with Crippen molar-refractivity contribution < 1.29 is 0 Å². The van der Waals surface area contributed by atoms with Gasteiger partial charge in [0.2, 0.25) is 0 Å². The van der Waals surface area contributed by atoms with Crippen LogP contribution in [0.4, 0.5) is 0 Å². The van der Waals surface area contributed by atoms with E-state index >= 15 is 0 Å². The Bertz CT molecular complexity index is 356. The first-order chi connectivity index (χ1) is 7.63. The van der Waals surface area contributed by atoms with Crippen LogP contribution >= 0.6 is 11.6 Å². The SMILES string of the molecule is CC1(C(N)c2ccccc2Cl)CCCCC1. The molecule has 1 atom stereocenters. The van der Waals surface area contributed by atoms with Crippen LogP contribution in [-0.4, -0.2) is 0 Å². The lowest BCUT2D eigenvalue weighted by Gasteiger charge is -2.39. The quantitative estimate of drug-likeness (QED) is 0.815. The van der Waals surface area contributed by atoms with Crippen LogP contribution in [0.1, 0.15) is 50.6 Å². The van der Waals surface area contributed by atoms with Gasteiger partial charge >= 0.3 is 0 Å². The van der Waals surface area contributed by atoms with E-state index in [9.17, 15) is 0 Å². The van der Waals surface area contributed by atoms with Crippen molar-refractivity contribution in [2.24, 2.45) is 11.1 Å². The van der Waals surface area contributed by atoms with Gasteiger partial charge in [0, 0.05) is 11.1 Å². The van der Waals surface area contributed by atoms with Gasteiger partial charge in [0.25, 0.3) is 0 Å². The van der Waals surface area contributed by atoms with Crippen LogP contribution in [0.5, 0.6) is 0 Å². The maximum absolute atomic E-state index is 6.42. The summed E-state index contributed by atoms with van der Waals surface area (Å²) in [5.41, 5.74) is 7.75. The van der Waals surface area contributed by atoms with E-state index in [0.29, 0.717) is 0 Å². The fraction of sp³-hybridized carbons (Fsp3) is 0.571. The maximum Gasteiger partial charge on any atom is 0.0453 e. The third-order valence-electron chi connectivity index (χ3n) is 3.99.